The van der Waals surface area contributed by atoms with Gasteiger partial charge in [0.15, 0.2) is 0 Å². The molecular weight excluding hydrogens is 313 g/mol. The van der Waals surface area contributed by atoms with Gasteiger partial charge in [0, 0.05) is 10.0 Å². The Morgan fingerprint density at radius 1 is 1.31 bits per heavy atom. The Hall–Kier alpha value is -1.02. The lowest BCUT2D eigenvalue weighted by Crippen LogP contribution is -1.85. The third kappa shape index (κ3) is 1.82. The van der Waals surface area contributed by atoms with Crippen molar-refractivity contribution in [2.24, 2.45) is 0 Å². The van der Waals surface area contributed by atoms with E-state index < -0.39 is 0 Å². The zero-order valence-electron chi connectivity index (χ0n) is 7.76. The fraction of sp³-hybridized carbons (Fsp3) is 0. The van der Waals surface area contributed by atoms with Gasteiger partial charge < -0.3 is 0 Å². The molecule has 2 aromatic rings. The molecule has 16 heavy (non-hydrogen) atoms. The van der Waals surface area contributed by atoms with Crippen molar-refractivity contribution >= 4 is 39.1 Å². The number of nitrogens with zero attached hydrogens (tertiary/aromatic N) is 2. The summed E-state index contributed by atoms with van der Waals surface area (Å²) in [6.07, 6.45) is 1.45. The molecule has 0 aliphatic heterocycles. The lowest BCUT2D eigenvalue weighted by molar-refractivity contribution is 1.10. The number of rotatable bonds is 1. The summed E-state index contributed by atoms with van der Waals surface area (Å²) in [7, 11) is 0. The minimum atomic E-state index is 0.386. The highest BCUT2D eigenvalue weighted by molar-refractivity contribution is 9.10. The predicted octanol–water partition coefficient (Wildman–Crippen LogP) is 4.02. The molecule has 0 spiro atoms. The molecular formula is C10H4BrCl2N3. The van der Waals surface area contributed by atoms with Gasteiger partial charge in [0.2, 0.25) is 0 Å². The van der Waals surface area contributed by atoms with E-state index in [1.807, 2.05) is 6.07 Å². The molecule has 6 heteroatoms. The maximum atomic E-state index is 8.89. The second-order valence-corrected chi connectivity index (χ2v) is 4.60. The van der Waals surface area contributed by atoms with Crippen LogP contribution in [0, 0.1) is 11.3 Å². The van der Waals surface area contributed by atoms with Crippen LogP contribution in [0.2, 0.25) is 10.0 Å². The molecule has 0 atom stereocenters. The van der Waals surface area contributed by atoms with E-state index in [1.165, 1.54) is 6.20 Å². The highest BCUT2D eigenvalue weighted by Gasteiger charge is 2.14. The van der Waals surface area contributed by atoms with Crippen LogP contribution in [-0.4, -0.2) is 10.2 Å². The SMILES string of the molecule is N#Cc1cn[nH]c1-c1ccc(Br)c(Cl)c1Cl. The summed E-state index contributed by atoms with van der Waals surface area (Å²) < 4.78 is 0.709. The van der Waals surface area contributed by atoms with Crippen LogP contribution in [0.1, 0.15) is 5.56 Å². The van der Waals surface area contributed by atoms with E-state index in [-0.39, 0.29) is 0 Å². The number of halogens is 3. The molecule has 1 N–H and O–H groups in total. The highest BCUT2D eigenvalue weighted by atomic mass is 79.9. The zero-order valence-corrected chi connectivity index (χ0v) is 10.9. The first-order chi connectivity index (χ1) is 7.65. The van der Waals surface area contributed by atoms with Gasteiger partial charge in [0.1, 0.15) is 6.07 Å². The molecule has 0 bridgehead atoms. The average Bonchev–Trinajstić information content (AvgIpc) is 2.74. The van der Waals surface area contributed by atoms with Crippen LogP contribution < -0.4 is 0 Å². The molecule has 1 aromatic heterocycles. The van der Waals surface area contributed by atoms with Crippen molar-refractivity contribution in [2.75, 3.05) is 0 Å². The van der Waals surface area contributed by atoms with E-state index in [0.29, 0.717) is 31.3 Å². The normalized spacial score (nSPS) is 10.1. The van der Waals surface area contributed by atoms with E-state index in [2.05, 4.69) is 26.1 Å². The van der Waals surface area contributed by atoms with Gasteiger partial charge >= 0.3 is 0 Å². The van der Waals surface area contributed by atoms with Crippen molar-refractivity contribution < 1.29 is 0 Å². The Bertz CT molecular complexity index is 586. The fourth-order valence-corrected chi connectivity index (χ4v) is 2.16. The van der Waals surface area contributed by atoms with Gasteiger partial charge in [0.05, 0.1) is 27.5 Å². The molecule has 0 aliphatic carbocycles. The van der Waals surface area contributed by atoms with Crippen molar-refractivity contribution in [3.05, 3.63) is 38.4 Å². The van der Waals surface area contributed by atoms with Crippen LogP contribution in [-0.2, 0) is 0 Å². The minimum Gasteiger partial charge on any atom is -0.276 e. The second kappa shape index (κ2) is 4.46. The van der Waals surface area contributed by atoms with Crippen LogP contribution in [0.5, 0.6) is 0 Å². The molecule has 1 heterocycles. The molecule has 0 saturated carbocycles. The first kappa shape index (κ1) is 11.5. The van der Waals surface area contributed by atoms with Crippen LogP contribution in [0.4, 0.5) is 0 Å². The highest BCUT2D eigenvalue weighted by Crippen LogP contribution is 2.38. The standard InChI is InChI=1S/C10H4BrCl2N3/c11-7-2-1-6(8(12)9(7)13)10-5(3-14)4-15-16-10/h1-2,4H,(H,15,16). The van der Waals surface area contributed by atoms with Crippen molar-refractivity contribution in [1.82, 2.24) is 10.2 Å². The number of hydrogen-bond acceptors (Lipinski definition) is 2. The summed E-state index contributed by atoms with van der Waals surface area (Å²) in [6.45, 7) is 0. The summed E-state index contributed by atoms with van der Waals surface area (Å²) in [5, 5.41) is 16.2. The quantitative estimate of drug-likeness (QED) is 0.808. The van der Waals surface area contributed by atoms with Gasteiger partial charge in [-0.05, 0) is 22.0 Å². The molecule has 0 fully saturated rings. The Kier molecular flexibility index (Phi) is 3.20. The Balaban J connectivity index is 2.67. The molecule has 0 radical (unpaired) electrons. The van der Waals surface area contributed by atoms with Gasteiger partial charge in [0.25, 0.3) is 0 Å². The smallest absolute Gasteiger partial charge is 0.103 e. The summed E-state index contributed by atoms with van der Waals surface area (Å²) in [5.41, 5.74) is 1.66. The van der Waals surface area contributed by atoms with Gasteiger partial charge in [-0.25, -0.2) is 0 Å². The lowest BCUT2D eigenvalue weighted by atomic mass is 10.1. The first-order valence-corrected chi connectivity index (χ1v) is 5.77. The van der Waals surface area contributed by atoms with Crippen LogP contribution in [0.15, 0.2) is 22.8 Å². The van der Waals surface area contributed by atoms with Crippen LogP contribution in [0.25, 0.3) is 11.3 Å². The molecule has 0 unspecified atom stereocenters. The third-order valence-electron chi connectivity index (χ3n) is 2.06. The fourth-order valence-electron chi connectivity index (χ4n) is 1.30. The van der Waals surface area contributed by atoms with E-state index >= 15 is 0 Å². The van der Waals surface area contributed by atoms with Gasteiger partial charge in [-0.3, -0.25) is 5.10 Å². The first-order valence-electron chi connectivity index (χ1n) is 4.22. The number of nitriles is 1. The molecule has 1 aromatic carbocycles. The van der Waals surface area contributed by atoms with Crippen LogP contribution in [0.3, 0.4) is 0 Å². The third-order valence-corrected chi connectivity index (χ3v) is 3.84. The summed E-state index contributed by atoms with van der Waals surface area (Å²) in [6, 6.07) is 5.57. The van der Waals surface area contributed by atoms with E-state index in [9.17, 15) is 0 Å². The predicted molar refractivity (Wildman–Crippen MR) is 66.5 cm³/mol. The van der Waals surface area contributed by atoms with E-state index in [0.717, 1.165) is 0 Å². The summed E-state index contributed by atoms with van der Waals surface area (Å²) in [5.74, 6) is 0. The zero-order chi connectivity index (χ0) is 11.7. The summed E-state index contributed by atoms with van der Waals surface area (Å²) in [4.78, 5) is 0. The molecule has 3 nitrogen and oxygen atoms in total. The lowest BCUT2D eigenvalue weighted by Gasteiger charge is -2.05. The molecule has 0 aliphatic rings. The van der Waals surface area contributed by atoms with Crippen LogP contribution >= 0.6 is 39.1 Å². The van der Waals surface area contributed by atoms with E-state index in [4.69, 9.17) is 28.5 Å². The minimum absolute atomic E-state index is 0.386. The Labute approximate surface area is 110 Å². The van der Waals surface area contributed by atoms with Crippen molar-refractivity contribution in [2.45, 2.75) is 0 Å². The number of H-pyrrole nitrogens is 1. The number of hydrogen-bond donors (Lipinski definition) is 1. The largest absolute Gasteiger partial charge is 0.276 e. The Morgan fingerprint density at radius 2 is 2.06 bits per heavy atom. The van der Waals surface area contributed by atoms with Gasteiger partial charge in [-0.15, -0.1) is 0 Å². The molecule has 80 valence electrons. The van der Waals surface area contributed by atoms with Gasteiger partial charge in [-0.1, -0.05) is 29.3 Å². The van der Waals surface area contributed by atoms with Crippen molar-refractivity contribution in [3.63, 3.8) is 0 Å². The van der Waals surface area contributed by atoms with Crippen molar-refractivity contribution in [1.29, 1.82) is 5.26 Å². The molecule has 0 saturated heterocycles. The second-order valence-electron chi connectivity index (χ2n) is 2.99. The number of aromatic nitrogens is 2. The monoisotopic (exact) mass is 315 g/mol. The number of benzene rings is 1. The maximum absolute atomic E-state index is 8.89. The van der Waals surface area contributed by atoms with Crippen molar-refractivity contribution in [3.8, 4) is 17.3 Å². The number of nitrogens with one attached hydrogen (secondary N) is 1. The average molecular weight is 317 g/mol. The summed E-state index contributed by atoms with van der Waals surface area (Å²) >= 11 is 15.4. The molecule has 2 rings (SSSR count). The molecule has 0 amide bonds. The van der Waals surface area contributed by atoms with Gasteiger partial charge in [-0.2, -0.15) is 10.4 Å². The Morgan fingerprint density at radius 3 is 2.75 bits per heavy atom. The maximum Gasteiger partial charge on any atom is 0.103 e. The number of aromatic amines is 1. The van der Waals surface area contributed by atoms with E-state index in [1.54, 1.807) is 12.1 Å². The topological polar surface area (TPSA) is 52.5 Å².